The highest BCUT2D eigenvalue weighted by atomic mass is 15.1. The molecule has 1 aliphatic rings. The molecule has 0 aromatic heterocycles. The molecule has 0 amide bonds. The van der Waals surface area contributed by atoms with E-state index in [0.29, 0.717) is 0 Å². The van der Waals surface area contributed by atoms with E-state index in [9.17, 15) is 0 Å². The van der Waals surface area contributed by atoms with E-state index < -0.39 is 0 Å². The van der Waals surface area contributed by atoms with Crippen LogP contribution >= 0.6 is 0 Å². The van der Waals surface area contributed by atoms with Crippen LogP contribution in [0.1, 0.15) is 47.2 Å². The van der Waals surface area contributed by atoms with Crippen molar-refractivity contribution >= 4 is 61.5 Å². The summed E-state index contributed by atoms with van der Waals surface area (Å²) in [7, 11) is 0. The van der Waals surface area contributed by atoms with Crippen molar-refractivity contribution in [3.05, 3.63) is 161 Å². The molecule has 0 spiro atoms. The number of benzene rings is 7. The lowest BCUT2D eigenvalue weighted by atomic mass is 9.81. The lowest BCUT2D eigenvalue weighted by Crippen LogP contribution is -2.15. The van der Waals surface area contributed by atoms with Crippen molar-refractivity contribution in [2.45, 2.75) is 33.1 Å². The summed E-state index contributed by atoms with van der Waals surface area (Å²) in [6, 6.07) is 46.9. The van der Waals surface area contributed by atoms with Crippen molar-refractivity contribution in [3.8, 4) is 0 Å². The Labute approximate surface area is 259 Å². The fraction of sp³-hybridized carbons (Fsp3) is 0.116. The maximum Gasteiger partial charge on any atom is 0.0490 e. The van der Waals surface area contributed by atoms with Gasteiger partial charge in [-0.25, -0.2) is 0 Å². The molecule has 8 rings (SSSR count). The van der Waals surface area contributed by atoms with Gasteiger partial charge in [-0.05, 0) is 116 Å². The first kappa shape index (κ1) is 26.5. The zero-order valence-corrected chi connectivity index (χ0v) is 25.7. The number of rotatable bonds is 5. The Morgan fingerprint density at radius 3 is 1.82 bits per heavy atom. The van der Waals surface area contributed by atoms with E-state index in [4.69, 9.17) is 0 Å². The third kappa shape index (κ3) is 4.15. The van der Waals surface area contributed by atoms with Crippen molar-refractivity contribution in [2.24, 2.45) is 0 Å². The van der Waals surface area contributed by atoms with Crippen LogP contribution < -0.4 is 4.90 Å². The number of hydrogen-bond acceptors (Lipinski definition) is 1. The molecule has 0 unspecified atom stereocenters. The highest BCUT2D eigenvalue weighted by Crippen LogP contribution is 2.49. The van der Waals surface area contributed by atoms with Crippen molar-refractivity contribution in [1.82, 2.24) is 0 Å². The van der Waals surface area contributed by atoms with Gasteiger partial charge in [0.1, 0.15) is 0 Å². The minimum atomic E-state index is -0.00356. The minimum absolute atomic E-state index is 0.00356. The molecule has 0 atom stereocenters. The van der Waals surface area contributed by atoms with E-state index in [-0.39, 0.29) is 5.41 Å². The monoisotopic (exact) mass is 565 g/mol. The molecule has 0 heterocycles. The molecule has 0 aliphatic heterocycles. The molecular weight excluding hydrogens is 530 g/mol. The van der Waals surface area contributed by atoms with Gasteiger partial charge in [-0.2, -0.15) is 0 Å². The molecule has 1 heteroatoms. The number of nitrogens with zero attached hydrogens (tertiary/aromatic N) is 1. The molecule has 1 aliphatic carbocycles. The second-order valence-corrected chi connectivity index (χ2v) is 12.8. The first-order valence-corrected chi connectivity index (χ1v) is 15.5. The van der Waals surface area contributed by atoms with Crippen LogP contribution in [0.4, 0.5) is 17.1 Å². The maximum atomic E-state index is 2.40. The summed E-state index contributed by atoms with van der Waals surface area (Å²) >= 11 is 0. The predicted octanol–water partition coefficient (Wildman–Crippen LogP) is 12.0. The summed E-state index contributed by atoms with van der Waals surface area (Å²) in [4.78, 5) is 2.38. The maximum absolute atomic E-state index is 2.40. The zero-order chi connectivity index (χ0) is 30.0. The van der Waals surface area contributed by atoms with Crippen LogP contribution in [-0.4, -0.2) is 0 Å². The zero-order valence-electron chi connectivity index (χ0n) is 25.7. The average Bonchev–Trinajstić information content (AvgIpc) is 3.27. The summed E-state index contributed by atoms with van der Waals surface area (Å²) in [5, 5.41) is 7.98. The van der Waals surface area contributed by atoms with E-state index in [1.165, 1.54) is 77.1 Å². The van der Waals surface area contributed by atoms with Gasteiger partial charge in [-0.15, -0.1) is 0 Å². The fourth-order valence-corrected chi connectivity index (χ4v) is 7.24. The van der Waals surface area contributed by atoms with Gasteiger partial charge < -0.3 is 4.90 Å². The molecule has 1 nitrogen and oxygen atoms in total. The standard InChI is InChI=1S/C43H35N/c1-28-10-5-7-14-39(28)44(40-15-8-6-11-29(40)2)36-23-22-33-24-30(18-19-34(33)27-36)16-17-31-25-35-21-20-32-12-9-13-37-41(32)42(35)38(26-31)43(37,3)4/h5-27H,1-4H3/b17-16+. The first-order chi connectivity index (χ1) is 21.4. The fourth-order valence-electron chi connectivity index (χ4n) is 7.24. The van der Waals surface area contributed by atoms with E-state index in [1.54, 1.807) is 0 Å². The van der Waals surface area contributed by atoms with E-state index >= 15 is 0 Å². The molecule has 0 fully saturated rings. The Kier molecular flexibility index (Phi) is 6.00. The third-order valence-electron chi connectivity index (χ3n) is 9.61. The first-order valence-electron chi connectivity index (χ1n) is 15.5. The average molecular weight is 566 g/mol. The van der Waals surface area contributed by atoms with Gasteiger partial charge in [0.05, 0.1) is 0 Å². The lowest BCUT2D eigenvalue weighted by Gasteiger charge is -2.28. The van der Waals surface area contributed by atoms with E-state index in [0.717, 1.165) is 5.69 Å². The van der Waals surface area contributed by atoms with Gasteiger partial charge >= 0.3 is 0 Å². The number of hydrogen-bond donors (Lipinski definition) is 0. The molecule has 0 radical (unpaired) electrons. The number of para-hydroxylation sites is 2. The minimum Gasteiger partial charge on any atom is -0.310 e. The van der Waals surface area contributed by atoms with Gasteiger partial charge in [0.25, 0.3) is 0 Å². The van der Waals surface area contributed by atoms with E-state index in [1.807, 2.05) is 0 Å². The number of anilines is 3. The summed E-state index contributed by atoms with van der Waals surface area (Å²) in [6.07, 6.45) is 4.52. The van der Waals surface area contributed by atoms with Crippen molar-refractivity contribution in [1.29, 1.82) is 0 Å². The normalized spacial score (nSPS) is 13.5. The van der Waals surface area contributed by atoms with E-state index in [2.05, 4.69) is 172 Å². The van der Waals surface area contributed by atoms with Crippen LogP contribution in [0.5, 0.6) is 0 Å². The molecule has 44 heavy (non-hydrogen) atoms. The van der Waals surface area contributed by atoms with Crippen LogP contribution in [-0.2, 0) is 5.41 Å². The SMILES string of the molecule is Cc1ccccc1N(c1ccc2cc(/C=C/c3cc4c5c(ccc6cccc(c65)C4(C)C)c3)ccc2c1)c1ccccc1C. The Morgan fingerprint density at radius 2 is 1.07 bits per heavy atom. The van der Waals surface area contributed by atoms with Gasteiger partial charge in [-0.1, -0.05) is 117 Å². The summed E-state index contributed by atoms with van der Waals surface area (Å²) < 4.78 is 0. The Bertz CT molecular complexity index is 2240. The molecule has 7 aromatic rings. The topological polar surface area (TPSA) is 3.24 Å². The van der Waals surface area contributed by atoms with Crippen LogP contribution in [0.2, 0.25) is 0 Å². The van der Waals surface area contributed by atoms with Gasteiger partial charge in [-0.3, -0.25) is 0 Å². The molecule has 0 saturated heterocycles. The molecule has 0 saturated carbocycles. The lowest BCUT2D eigenvalue weighted by molar-refractivity contribution is 0.662. The van der Waals surface area contributed by atoms with Crippen molar-refractivity contribution in [2.75, 3.05) is 4.90 Å². The Morgan fingerprint density at radius 1 is 0.477 bits per heavy atom. The summed E-state index contributed by atoms with van der Waals surface area (Å²) in [6.45, 7) is 9.09. The molecule has 7 aromatic carbocycles. The molecule has 0 bridgehead atoms. The molecular formula is C43H35N. The number of aryl methyl sites for hydroxylation is 2. The Hall–Kier alpha value is -5.14. The smallest absolute Gasteiger partial charge is 0.0490 e. The van der Waals surface area contributed by atoms with Crippen molar-refractivity contribution in [3.63, 3.8) is 0 Å². The second kappa shape index (κ2) is 9.96. The second-order valence-electron chi connectivity index (χ2n) is 12.8. The number of fused-ring (bicyclic) bond motifs is 1. The van der Waals surface area contributed by atoms with Crippen LogP contribution in [0.3, 0.4) is 0 Å². The third-order valence-corrected chi connectivity index (χ3v) is 9.61. The molecule has 212 valence electrons. The predicted molar refractivity (Wildman–Crippen MR) is 191 cm³/mol. The quantitative estimate of drug-likeness (QED) is 0.148. The van der Waals surface area contributed by atoms with Gasteiger partial charge in [0, 0.05) is 22.5 Å². The largest absolute Gasteiger partial charge is 0.310 e. The highest BCUT2D eigenvalue weighted by molar-refractivity contribution is 6.15. The van der Waals surface area contributed by atoms with Gasteiger partial charge in [0.2, 0.25) is 0 Å². The van der Waals surface area contributed by atoms with Crippen LogP contribution in [0, 0.1) is 13.8 Å². The molecule has 0 N–H and O–H groups in total. The van der Waals surface area contributed by atoms with Crippen LogP contribution in [0.15, 0.2) is 127 Å². The summed E-state index contributed by atoms with van der Waals surface area (Å²) in [5.41, 5.74) is 11.4. The van der Waals surface area contributed by atoms with Gasteiger partial charge in [0.15, 0.2) is 0 Å². The van der Waals surface area contributed by atoms with Crippen LogP contribution in [0.25, 0.3) is 44.5 Å². The van der Waals surface area contributed by atoms with Crippen molar-refractivity contribution < 1.29 is 0 Å². The summed E-state index contributed by atoms with van der Waals surface area (Å²) in [5.74, 6) is 0. The Balaban J connectivity index is 1.16. The highest BCUT2D eigenvalue weighted by Gasteiger charge is 2.33.